The number of thiophene rings is 1. The number of rotatable bonds is 5. The van der Waals surface area contributed by atoms with Crippen LogP contribution in [0, 0.1) is 13.8 Å². The van der Waals surface area contributed by atoms with Crippen LogP contribution in [0.3, 0.4) is 0 Å². The summed E-state index contributed by atoms with van der Waals surface area (Å²) in [6.45, 7) is 8.61. The molecule has 5 heterocycles. The van der Waals surface area contributed by atoms with Crippen LogP contribution in [0.25, 0.3) is 17.0 Å². The molecule has 0 bridgehead atoms. The third kappa shape index (κ3) is 6.28. The lowest BCUT2D eigenvalue weighted by atomic mass is 10.2. The summed E-state index contributed by atoms with van der Waals surface area (Å²) >= 11 is 3.14. The number of benzene rings is 1. The van der Waals surface area contributed by atoms with E-state index in [4.69, 9.17) is 10.5 Å². The molecule has 1 aromatic carbocycles. The normalized spacial score (nSPS) is 13.7. The molecule has 5 aromatic rings. The molecule has 0 atom stereocenters. The number of thiazole rings is 1. The number of amides is 1. The number of carbonyl (C=O) groups excluding carboxylic acids is 1. The number of carbonyl (C=O) groups is 1. The summed E-state index contributed by atoms with van der Waals surface area (Å²) in [7, 11) is 0. The number of ether oxygens (including phenoxy) is 1. The van der Waals surface area contributed by atoms with Gasteiger partial charge >= 0.3 is 0 Å². The van der Waals surface area contributed by atoms with E-state index in [0.29, 0.717) is 16.3 Å². The number of hydrogen-bond acceptors (Lipinski definition) is 8. The highest BCUT2D eigenvalue weighted by Gasteiger charge is 2.13. The highest BCUT2D eigenvalue weighted by atomic mass is 32.1. The number of para-hydroxylation sites is 2. The van der Waals surface area contributed by atoms with Crippen LogP contribution in [0.5, 0.6) is 0 Å². The van der Waals surface area contributed by atoms with Crippen molar-refractivity contribution in [2.75, 3.05) is 37.4 Å². The van der Waals surface area contributed by atoms with E-state index >= 15 is 0 Å². The van der Waals surface area contributed by atoms with Crippen molar-refractivity contribution < 1.29 is 9.53 Å². The smallest absolute Gasteiger partial charge is 0.265 e. The molecule has 3 N–H and O–H groups in total. The van der Waals surface area contributed by atoms with Crippen LogP contribution in [0.4, 0.5) is 11.4 Å². The number of nitrogen functional groups attached to an aromatic ring is 1. The molecule has 4 aromatic heterocycles. The first-order valence-corrected chi connectivity index (χ1v) is 14.1. The molecular formula is C28H30N6O2S2. The first-order chi connectivity index (χ1) is 18.5. The van der Waals surface area contributed by atoms with Gasteiger partial charge in [0, 0.05) is 36.1 Å². The van der Waals surface area contributed by atoms with E-state index in [1.165, 1.54) is 16.9 Å². The summed E-state index contributed by atoms with van der Waals surface area (Å²) in [5.41, 5.74) is 11.3. The topological polar surface area (TPSA) is 97.8 Å². The average Bonchev–Trinajstić information content (AvgIpc) is 3.66. The second-order valence-corrected chi connectivity index (χ2v) is 11.4. The largest absolute Gasteiger partial charge is 0.397 e. The summed E-state index contributed by atoms with van der Waals surface area (Å²) in [4.78, 5) is 25.1. The Morgan fingerprint density at radius 3 is 2.63 bits per heavy atom. The standard InChI is InChI=1S/C16H18N4OS.C12H12N2OS/c1-12-18-14(11-22-12)15-8-17-16-3-2-13(10-20(15)16)9-19-4-6-21-7-5-19;1-8-6-7-11(16-8)12(15)14-10-5-3-2-4-9(10)13/h2-3,8,10-11H,4-7,9H2,1H3;2-7H,13H2,1H3,(H,14,15). The van der Waals surface area contributed by atoms with Crippen molar-refractivity contribution in [3.8, 4) is 11.4 Å². The van der Waals surface area contributed by atoms with Gasteiger partial charge in [0.15, 0.2) is 0 Å². The molecule has 1 fully saturated rings. The summed E-state index contributed by atoms with van der Waals surface area (Å²) in [5.74, 6) is -0.115. The predicted molar refractivity (Wildman–Crippen MR) is 155 cm³/mol. The minimum Gasteiger partial charge on any atom is -0.397 e. The molecule has 0 spiro atoms. The third-order valence-electron chi connectivity index (χ3n) is 6.13. The number of imidazole rings is 1. The number of fused-ring (bicyclic) bond motifs is 1. The zero-order valence-electron chi connectivity index (χ0n) is 21.4. The van der Waals surface area contributed by atoms with E-state index < -0.39 is 0 Å². The van der Waals surface area contributed by atoms with Crippen LogP contribution >= 0.6 is 22.7 Å². The number of hydrogen-bond donors (Lipinski definition) is 2. The summed E-state index contributed by atoms with van der Waals surface area (Å²) in [6, 6.07) is 15.2. The zero-order valence-corrected chi connectivity index (χ0v) is 23.0. The summed E-state index contributed by atoms with van der Waals surface area (Å²) in [5, 5.41) is 5.96. The lowest BCUT2D eigenvalue weighted by molar-refractivity contribution is 0.0341. The Morgan fingerprint density at radius 2 is 1.92 bits per heavy atom. The molecule has 1 aliphatic heterocycles. The Kier molecular flexibility index (Phi) is 8.14. The lowest BCUT2D eigenvalue weighted by Gasteiger charge is -2.26. The number of anilines is 2. The van der Waals surface area contributed by atoms with Gasteiger partial charge in [0.05, 0.1) is 52.1 Å². The van der Waals surface area contributed by atoms with Gasteiger partial charge in [-0.2, -0.15) is 0 Å². The Balaban J connectivity index is 0.000000163. The Bertz CT molecular complexity index is 1530. The van der Waals surface area contributed by atoms with Crippen molar-refractivity contribution in [2.24, 2.45) is 0 Å². The van der Waals surface area contributed by atoms with Gasteiger partial charge in [-0.1, -0.05) is 18.2 Å². The second-order valence-electron chi connectivity index (χ2n) is 9.00. The second kappa shape index (κ2) is 11.9. The van der Waals surface area contributed by atoms with E-state index in [1.807, 2.05) is 44.3 Å². The predicted octanol–water partition coefficient (Wildman–Crippen LogP) is 5.49. The molecule has 0 unspecified atom stereocenters. The van der Waals surface area contributed by atoms with Crippen LogP contribution in [-0.4, -0.2) is 51.5 Å². The summed E-state index contributed by atoms with van der Waals surface area (Å²) < 4.78 is 7.55. The minimum absolute atomic E-state index is 0.115. The SMILES string of the molecule is Cc1ccc(C(=O)Nc2ccccc2N)s1.Cc1nc(-c2cnc3ccc(CN4CCOCC4)cn23)cs1. The van der Waals surface area contributed by atoms with Gasteiger partial charge in [-0.3, -0.25) is 14.1 Å². The van der Waals surface area contributed by atoms with Crippen molar-refractivity contribution >= 4 is 45.6 Å². The van der Waals surface area contributed by atoms with Crippen LogP contribution in [0.2, 0.25) is 0 Å². The number of aryl methyl sites for hydroxylation is 2. The first-order valence-electron chi connectivity index (χ1n) is 12.4. The monoisotopic (exact) mass is 546 g/mol. The van der Waals surface area contributed by atoms with E-state index in [0.717, 1.165) is 59.8 Å². The van der Waals surface area contributed by atoms with Gasteiger partial charge in [-0.25, -0.2) is 9.97 Å². The maximum atomic E-state index is 11.8. The Morgan fingerprint density at radius 1 is 1.11 bits per heavy atom. The molecule has 0 aliphatic carbocycles. The van der Waals surface area contributed by atoms with Crippen molar-refractivity contribution in [1.29, 1.82) is 0 Å². The number of pyridine rings is 1. The summed E-state index contributed by atoms with van der Waals surface area (Å²) in [6.07, 6.45) is 4.09. The van der Waals surface area contributed by atoms with Crippen molar-refractivity contribution in [3.63, 3.8) is 0 Å². The number of nitrogens with zero attached hydrogens (tertiary/aromatic N) is 4. The van der Waals surface area contributed by atoms with Crippen molar-refractivity contribution in [1.82, 2.24) is 19.3 Å². The molecular weight excluding hydrogens is 516 g/mol. The van der Waals surface area contributed by atoms with E-state index in [1.54, 1.807) is 23.5 Å². The molecule has 8 nitrogen and oxygen atoms in total. The molecule has 1 saturated heterocycles. The van der Waals surface area contributed by atoms with Gasteiger partial charge < -0.3 is 15.8 Å². The molecule has 38 heavy (non-hydrogen) atoms. The van der Waals surface area contributed by atoms with Gasteiger partial charge in [-0.05, 0) is 49.7 Å². The van der Waals surface area contributed by atoms with E-state index in [2.05, 4.69) is 48.3 Å². The van der Waals surface area contributed by atoms with Crippen molar-refractivity contribution in [2.45, 2.75) is 20.4 Å². The third-order valence-corrected chi connectivity index (χ3v) is 7.90. The Labute approximate surface area is 229 Å². The maximum Gasteiger partial charge on any atom is 0.265 e. The number of aromatic nitrogens is 3. The van der Waals surface area contributed by atoms with Crippen molar-refractivity contribution in [3.05, 3.63) is 86.6 Å². The highest BCUT2D eigenvalue weighted by Crippen LogP contribution is 2.24. The van der Waals surface area contributed by atoms with Crippen LogP contribution in [-0.2, 0) is 11.3 Å². The van der Waals surface area contributed by atoms with Gasteiger partial charge in [0.1, 0.15) is 5.65 Å². The molecule has 196 valence electrons. The highest BCUT2D eigenvalue weighted by molar-refractivity contribution is 7.14. The fourth-order valence-corrected chi connectivity index (χ4v) is 5.53. The van der Waals surface area contributed by atoms with E-state index in [9.17, 15) is 4.79 Å². The number of nitrogens with two attached hydrogens (primary N) is 1. The fourth-order valence-electron chi connectivity index (χ4n) is 4.16. The van der Waals surface area contributed by atoms with Gasteiger partial charge in [-0.15, -0.1) is 22.7 Å². The van der Waals surface area contributed by atoms with Crippen LogP contribution < -0.4 is 11.1 Å². The van der Waals surface area contributed by atoms with Gasteiger partial charge in [0.2, 0.25) is 0 Å². The number of morpholine rings is 1. The molecule has 1 amide bonds. The van der Waals surface area contributed by atoms with Crippen LogP contribution in [0.15, 0.2) is 66.3 Å². The first kappa shape index (κ1) is 26.1. The van der Waals surface area contributed by atoms with Crippen LogP contribution in [0.1, 0.15) is 25.1 Å². The lowest BCUT2D eigenvalue weighted by Crippen LogP contribution is -2.35. The van der Waals surface area contributed by atoms with E-state index in [-0.39, 0.29) is 5.91 Å². The molecule has 0 saturated carbocycles. The molecule has 6 rings (SSSR count). The maximum absolute atomic E-state index is 11.8. The van der Waals surface area contributed by atoms with Gasteiger partial charge in [0.25, 0.3) is 5.91 Å². The minimum atomic E-state index is -0.115. The molecule has 0 radical (unpaired) electrons. The fraction of sp³-hybridized carbons (Fsp3) is 0.250. The Hall–Kier alpha value is -3.57. The molecule has 1 aliphatic rings. The molecule has 10 heteroatoms. The zero-order chi connectivity index (χ0) is 26.5. The quantitative estimate of drug-likeness (QED) is 0.283. The average molecular weight is 547 g/mol. The number of nitrogens with one attached hydrogen (secondary N) is 1.